The van der Waals surface area contributed by atoms with E-state index in [1.54, 1.807) is 0 Å². The van der Waals surface area contributed by atoms with Gasteiger partial charge in [0.1, 0.15) is 5.75 Å². The van der Waals surface area contributed by atoms with Gasteiger partial charge in [-0.25, -0.2) is 0 Å². The average Bonchev–Trinajstić information content (AvgIpc) is 2.82. The summed E-state index contributed by atoms with van der Waals surface area (Å²) in [6.45, 7) is 0.756. The van der Waals surface area contributed by atoms with E-state index < -0.39 is 0 Å². The Hall–Kier alpha value is -0.930. The number of benzene rings is 2. The molecule has 0 bridgehead atoms. The number of halogens is 1. The van der Waals surface area contributed by atoms with Crippen molar-refractivity contribution in [3.05, 3.63) is 58.6 Å². The Labute approximate surface area is 120 Å². The van der Waals surface area contributed by atoms with E-state index in [0.29, 0.717) is 5.92 Å². The molecule has 2 aromatic rings. The fraction of sp³-hybridized carbons (Fsp3) is 0.200. The van der Waals surface area contributed by atoms with Gasteiger partial charge in [-0.1, -0.05) is 34.1 Å². The van der Waals surface area contributed by atoms with E-state index in [1.807, 2.05) is 36.0 Å². The van der Waals surface area contributed by atoms with Crippen molar-refractivity contribution in [1.29, 1.82) is 0 Å². The van der Waals surface area contributed by atoms with Crippen LogP contribution in [0.4, 0.5) is 0 Å². The van der Waals surface area contributed by atoms with Crippen molar-refractivity contribution in [2.75, 3.05) is 12.4 Å². The summed E-state index contributed by atoms with van der Waals surface area (Å²) in [5, 5.41) is 0. The predicted molar refractivity (Wildman–Crippen MR) is 79.5 cm³/mol. The summed E-state index contributed by atoms with van der Waals surface area (Å²) < 4.78 is 6.95. The lowest BCUT2D eigenvalue weighted by Gasteiger charge is -2.12. The second kappa shape index (κ2) is 5.37. The maximum atomic E-state index is 5.87. The molecule has 1 heterocycles. The van der Waals surface area contributed by atoms with Gasteiger partial charge >= 0.3 is 0 Å². The van der Waals surface area contributed by atoms with Crippen LogP contribution in [0.25, 0.3) is 0 Å². The first-order valence-corrected chi connectivity index (χ1v) is 7.71. The predicted octanol–water partition coefficient (Wildman–Crippen LogP) is 4.72. The Morgan fingerprint density at radius 2 is 1.89 bits per heavy atom. The molecular formula is C15H13BrOS. The van der Waals surface area contributed by atoms with Crippen LogP contribution in [-0.4, -0.2) is 12.4 Å². The van der Waals surface area contributed by atoms with E-state index in [-0.39, 0.29) is 0 Å². The minimum absolute atomic E-state index is 0.509. The van der Waals surface area contributed by atoms with Gasteiger partial charge in [0.2, 0.25) is 0 Å². The summed E-state index contributed by atoms with van der Waals surface area (Å²) in [7, 11) is 0. The molecule has 0 saturated heterocycles. The second-order valence-corrected chi connectivity index (χ2v) is 6.29. The molecule has 0 saturated carbocycles. The topological polar surface area (TPSA) is 9.23 Å². The fourth-order valence-electron chi connectivity index (χ4n) is 2.09. The lowest BCUT2D eigenvalue weighted by Crippen LogP contribution is -2.09. The Morgan fingerprint density at radius 3 is 2.72 bits per heavy atom. The highest BCUT2D eigenvalue weighted by Crippen LogP contribution is 2.39. The molecule has 3 rings (SSSR count). The Kier molecular flexibility index (Phi) is 3.62. The van der Waals surface area contributed by atoms with Gasteiger partial charge in [0, 0.05) is 21.0 Å². The van der Waals surface area contributed by atoms with E-state index in [1.165, 1.54) is 10.5 Å². The monoisotopic (exact) mass is 320 g/mol. The van der Waals surface area contributed by atoms with Crippen molar-refractivity contribution in [1.82, 2.24) is 0 Å². The van der Waals surface area contributed by atoms with Crippen LogP contribution in [0.5, 0.6) is 5.75 Å². The van der Waals surface area contributed by atoms with Gasteiger partial charge in [-0.2, -0.15) is 0 Å². The van der Waals surface area contributed by atoms with Gasteiger partial charge in [-0.15, -0.1) is 11.8 Å². The van der Waals surface area contributed by atoms with E-state index in [4.69, 9.17) is 4.74 Å². The molecule has 1 unspecified atom stereocenters. The van der Waals surface area contributed by atoms with Gasteiger partial charge in [-0.3, -0.25) is 0 Å². The number of hydrogen-bond donors (Lipinski definition) is 0. The largest absolute Gasteiger partial charge is 0.493 e. The summed E-state index contributed by atoms with van der Waals surface area (Å²) in [4.78, 5) is 1.40. The summed E-state index contributed by atoms with van der Waals surface area (Å²) >= 11 is 5.35. The third kappa shape index (κ3) is 2.57. The maximum Gasteiger partial charge on any atom is 0.119 e. The minimum Gasteiger partial charge on any atom is -0.493 e. The first kappa shape index (κ1) is 12.1. The third-order valence-corrected chi connectivity index (χ3v) is 4.84. The Balaban J connectivity index is 1.67. The van der Waals surface area contributed by atoms with Crippen LogP contribution in [0.1, 0.15) is 11.5 Å². The van der Waals surface area contributed by atoms with Crippen molar-refractivity contribution in [2.24, 2.45) is 0 Å². The summed E-state index contributed by atoms with van der Waals surface area (Å²) in [6, 6.07) is 16.6. The summed E-state index contributed by atoms with van der Waals surface area (Å²) in [6.07, 6.45) is 0. The number of thioether (sulfide) groups is 1. The molecule has 1 aliphatic rings. The molecule has 0 fully saturated rings. The molecule has 0 spiro atoms. The first-order chi connectivity index (χ1) is 8.83. The second-order valence-electron chi connectivity index (χ2n) is 4.31. The van der Waals surface area contributed by atoms with Crippen molar-refractivity contribution in [3.8, 4) is 5.75 Å². The highest BCUT2D eigenvalue weighted by atomic mass is 79.9. The van der Waals surface area contributed by atoms with E-state index >= 15 is 0 Å². The summed E-state index contributed by atoms with van der Waals surface area (Å²) in [5.41, 5.74) is 1.43. The molecule has 1 nitrogen and oxygen atoms in total. The first-order valence-electron chi connectivity index (χ1n) is 5.93. The van der Waals surface area contributed by atoms with Gasteiger partial charge < -0.3 is 4.74 Å². The molecule has 1 aliphatic heterocycles. The van der Waals surface area contributed by atoms with Crippen molar-refractivity contribution >= 4 is 27.7 Å². The Bertz CT molecular complexity index is 538. The number of hydrogen-bond acceptors (Lipinski definition) is 2. The molecular weight excluding hydrogens is 308 g/mol. The van der Waals surface area contributed by atoms with E-state index in [0.717, 1.165) is 22.6 Å². The molecule has 0 radical (unpaired) electrons. The van der Waals surface area contributed by atoms with Gasteiger partial charge in [0.25, 0.3) is 0 Å². The standard InChI is InChI=1S/C15H13BrOS/c16-12-5-7-13(8-6-12)17-9-11-10-18-15-4-2-1-3-14(11)15/h1-8,11H,9-10H2. The lowest BCUT2D eigenvalue weighted by molar-refractivity contribution is 0.298. The van der Waals surface area contributed by atoms with E-state index in [9.17, 15) is 0 Å². The van der Waals surface area contributed by atoms with Crippen LogP contribution >= 0.6 is 27.7 Å². The van der Waals surface area contributed by atoms with Crippen molar-refractivity contribution in [2.45, 2.75) is 10.8 Å². The molecule has 0 N–H and O–H groups in total. The molecule has 0 aliphatic carbocycles. The molecule has 92 valence electrons. The fourth-order valence-corrected chi connectivity index (χ4v) is 3.59. The number of rotatable bonds is 3. The van der Waals surface area contributed by atoms with Crippen LogP contribution in [0.3, 0.4) is 0 Å². The highest BCUT2D eigenvalue weighted by molar-refractivity contribution is 9.10. The normalized spacial score (nSPS) is 17.5. The minimum atomic E-state index is 0.509. The zero-order chi connectivity index (χ0) is 12.4. The van der Waals surface area contributed by atoms with Crippen LogP contribution in [0, 0.1) is 0 Å². The van der Waals surface area contributed by atoms with Crippen LogP contribution in [0.15, 0.2) is 57.9 Å². The Morgan fingerprint density at radius 1 is 1.11 bits per heavy atom. The van der Waals surface area contributed by atoms with Gasteiger partial charge in [0.15, 0.2) is 0 Å². The maximum absolute atomic E-state index is 5.87. The molecule has 18 heavy (non-hydrogen) atoms. The van der Waals surface area contributed by atoms with Gasteiger partial charge in [0.05, 0.1) is 6.61 Å². The van der Waals surface area contributed by atoms with Crippen LogP contribution in [0.2, 0.25) is 0 Å². The zero-order valence-electron chi connectivity index (χ0n) is 9.80. The van der Waals surface area contributed by atoms with Gasteiger partial charge in [-0.05, 0) is 35.9 Å². The quantitative estimate of drug-likeness (QED) is 0.809. The van der Waals surface area contributed by atoms with Crippen LogP contribution in [-0.2, 0) is 0 Å². The molecule has 0 amide bonds. The zero-order valence-corrected chi connectivity index (χ0v) is 12.2. The number of fused-ring (bicyclic) bond motifs is 1. The average molecular weight is 321 g/mol. The number of ether oxygens (including phenoxy) is 1. The highest BCUT2D eigenvalue weighted by Gasteiger charge is 2.22. The molecule has 3 heteroatoms. The molecule has 2 aromatic carbocycles. The third-order valence-electron chi connectivity index (χ3n) is 3.06. The summed E-state index contributed by atoms with van der Waals surface area (Å²) in [5.74, 6) is 2.57. The van der Waals surface area contributed by atoms with Crippen molar-refractivity contribution in [3.63, 3.8) is 0 Å². The smallest absolute Gasteiger partial charge is 0.119 e. The lowest BCUT2D eigenvalue weighted by atomic mass is 10.0. The van der Waals surface area contributed by atoms with E-state index in [2.05, 4.69) is 40.2 Å². The molecule has 1 atom stereocenters. The SMILES string of the molecule is Brc1ccc(OCC2CSc3ccccc32)cc1. The molecule has 0 aromatic heterocycles. The van der Waals surface area contributed by atoms with Crippen molar-refractivity contribution < 1.29 is 4.74 Å². The van der Waals surface area contributed by atoms with Crippen LogP contribution < -0.4 is 4.74 Å².